The van der Waals surface area contributed by atoms with E-state index in [4.69, 9.17) is 0 Å². The van der Waals surface area contributed by atoms with Gasteiger partial charge in [0.2, 0.25) is 0 Å². The van der Waals surface area contributed by atoms with E-state index in [-0.39, 0.29) is 0 Å². The first-order valence-electron chi connectivity index (χ1n) is 7.99. The molecule has 0 heterocycles. The van der Waals surface area contributed by atoms with Crippen molar-refractivity contribution in [3.63, 3.8) is 0 Å². The van der Waals surface area contributed by atoms with Crippen LogP contribution >= 0.6 is 0 Å². The average molecular weight is 505 g/mol. The molecule has 0 atom stereocenters. The molecule has 0 saturated carbocycles. The summed E-state index contributed by atoms with van der Waals surface area (Å²) in [7, 11) is 0. The first-order valence-corrected chi connectivity index (χ1v) is 9.31. The topological polar surface area (TPSA) is 24.7 Å². The van der Waals surface area contributed by atoms with E-state index in [0.29, 0.717) is 0 Å². The fourth-order valence-electron chi connectivity index (χ4n) is 2.40. The van der Waals surface area contributed by atoms with Crippen LogP contribution in [0.1, 0.15) is 22.3 Å². The Balaban J connectivity index is 1.90. The van der Waals surface area contributed by atoms with Gasteiger partial charge < -0.3 is 0 Å². The first-order chi connectivity index (χ1) is 12.3. The second-order valence-corrected chi connectivity index (χ2v) is 6.24. The molecule has 0 fully saturated rings. The number of hydrogen-bond donors (Lipinski definition) is 0. The van der Waals surface area contributed by atoms with E-state index in [0.717, 1.165) is 28.1 Å². The molecule has 0 aromatic heterocycles. The SMILES string of the molecule is Cc1ccccc1C=Nc1ccccc1N=Cc1ccccc1[CH]=[Pt]. The maximum atomic E-state index is 4.66. The van der Waals surface area contributed by atoms with Crippen LogP contribution in [0.5, 0.6) is 0 Å². The van der Waals surface area contributed by atoms with E-state index in [9.17, 15) is 0 Å². The predicted molar refractivity (Wildman–Crippen MR) is 104 cm³/mol. The van der Waals surface area contributed by atoms with E-state index < -0.39 is 0 Å². The average Bonchev–Trinajstić information content (AvgIpc) is 2.66. The summed E-state index contributed by atoms with van der Waals surface area (Å²) < 4.78 is 2.06. The molecule has 0 aliphatic heterocycles. The van der Waals surface area contributed by atoms with Crippen LogP contribution in [-0.2, 0) is 19.4 Å². The second-order valence-electron chi connectivity index (χ2n) is 5.58. The van der Waals surface area contributed by atoms with Crippen LogP contribution in [0.3, 0.4) is 0 Å². The molecule has 0 aliphatic carbocycles. The van der Waals surface area contributed by atoms with Gasteiger partial charge in [-0.05, 0) is 0 Å². The second kappa shape index (κ2) is 8.60. The Morgan fingerprint density at radius 3 is 1.72 bits per heavy atom. The zero-order valence-corrected chi connectivity index (χ0v) is 16.1. The quantitative estimate of drug-likeness (QED) is 0.427. The molecular formula is C22H18N2Pt. The molecular weight excluding hydrogens is 487 g/mol. The van der Waals surface area contributed by atoms with E-state index in [1.165, 1.54) is 5.56 Å². The van der Waals surface area contributed by atoms with Gasteiger partial charge in [-0.15, -0.1) is 0 Å². The molecule has 3 rings (SSSR count). The summed E-state index contributed by atoms with van der Waals surface area (Å²) in [6, 6.07) is 24.3. The maximum absolute atomic E-state index is 4.66. The van der Waals surface area contributed by atoms with Gasteiger partial charge in [0.15, 0.2) is 0 Å². The van der Waals surface area contributed by atoms with Gasteiger partial charge in [-0.1, -0.05) is 6.07 Å². The standard InChI is InChI=1S/C22H18N2.Pt/c1-17-9-3-5-11-19(17)15-23-21-13-7-8-14-22(21)24-16-20-12-6-4-10-18(20)2;/h1,3-16H,2H3;. The first kappa shape index (κ1) is 17.4. The summed E-state index contributed by atoms with van der Waals surface area (Å²) in [6.45, 7) is 2.09. The summed E-state index contributed by atoms with van der Waals surface area (Å²) in [5, 5.41) is 0. The van der Waals surface area contributed by atoms with E-state index in [2.05, 4.69) is 64.9 Å². The summed E-state index contributed by atoms with van der Waals surface area (Å²) in [5.41, 5.74) is 6.29. The summed E-state index contributed by atoms with van der Waals surface area (Å²) in [6.07, 6.45) is 3.79. The number of aryl methyl sites for hydroxylation is 1. The molecule has 0 spiro atoms. The van der Waals surface area contributed by atoms with Crippen molar-refractivity contribution < 1.29 is 19.4 Å². The zero-order valence-electron chi connectivity index (χ0n) is 13.9. The third-order valence-corrected chi connectivity index (χ3v) is 4.56. The zero-order chi connectivity index (χ0) is 17.5. The van der Waals surface area contributed by atoms with Crippen molar-refractivity contribution in [1.82, 2.24) is 0 Å². The minimum absolute atomic E-state index is 0.857. The Hall–Kier alpha value is -2.44. The fraction of sp³-hybridized carbons (Fsp3) is 0.0455. The van der Waals surface area contributed by atoms with Gasteiger partial charge >= 0.3 is 153 Å². The molecule has 3 heteroatoms. The van der Waals surface area contributed by atoms with Gasteiger partial charge in [0, 0.05) is 0 Å². The molecule has 0 N–H and O–H groups in total. The van der Waals surface area contributed by atoms with Crippen LogP contribution in [0.4, 0.5) is 11.4 Å². The number of hydrogen-bond acceptors (Lipinski definition) is 2. The molecule has 0 amide bonds. The Morgan fingerprint density at radius 1 is 0.640 bits per heavy atom. The van der Waals surface area contributed by atoms with Crippen LogP contribution in [-0.4, -0.2) is 16.8 Å². The van der Waals surface area contributed by atoms with Crippen molar-refractivity contribution in [3.05, 3.63) is 95.1 Å². The fourth-order valence-corrected chi connectivity index (χ4v) is 3.00. The Bertz CT molecular complexity index is 942. The molecule has 2 nitrogen and oxygen atoms in total. The molecule has 0 unspecified atom stereocenters. The molecule has 3 aromatic carbocycles. The molecule has 0 aliphatic rings. The van der Waals surface area contributed by atoms with Crippen LogP contribution in [0.25, 0.3) is 0 Å². The number of nitrogens with zero attached hydrogens (tertiary/aromatic N) is 2. The van der Waals surface area contributed by atoms with E-state index in [1.807, 2.05) is 61.0 Å². The van der Waals surface area contributed by atoms with E-state index >= 15 is 0 Å². The van der Waals surface area contributed by atoms with E-state index in [1.54, 1.807) is 0 Å². The molecule has 126 valence electrons. The van der Waals surface area contributed by atoms with Gasteiger partial charge in [0.25, 0.3) is 0 Å². The van der Waals surface area contributed by atoms with Crippen LogP contribution < -0.4 is 0 Å². The van der Waals surface area contributed by atoms with Crippen molar-refractivity contribution in [2.75, 3.05) is 0 Å². The van der Waals surface area contributed by atoms with Gasteiger partial charge in [0.05, 0.1) is 0 Å². The molecule has 3 aromatic rings. The molecule has 0 bridgehead atoms. The number of benzene rings is 3. The van der Waals surface area contributed by atoms with Gasteiger partial charge in [-0.2, -0.15) is 0 Å². The monoisotopic (exact) mass is 505 g/mol. The van der Waals surface area contributed by atoms with Gasteiger partial charge in [-0.25, -0.2) is 0 Å². The normalized spacial score (nSPS) is 11.3. The number of para-hydroxylation sites is 2. The third kappa shape index (κ3) is 4.55. The minimum atomic E-state index is 0.857. The third-order valence-electron chi connectivity index (χ3n) is 3.85. The Labute approximate surface area is 159 Å². The summed E-state index contributed by atoms with van der Waals surface area (Å²) in [5.74, 6) is 0. The van der Waals surface area contributed by atoms with Crippen molar-refractivity contribution in [2.45, 2.75) is 6.92 Å². The molecule has 0 saturated heterocycles. The van der Waals surface area contributed by atoms with Crippen molar-refractivity contribution in [3.8, 4) is 0 Å². The van der Waals surface area contributed by atoms with Crippen molar-refractivity contribution in [2.24, 2.45) is 9.98 Å². The van der Waals surface area contributed by atoms with Gasteiger partial charge in [-0.3, -0.25) is 0 Å². The Kier molecular flexibility index (Phi) is 5.98. The van der Waals surface area contributed by atoms with Crippen LogP contribution in [0.15, 0.2) is 82.8 Å². The molecule has 0 radical (unpaired) electrons. The van der Waals surface area contributed by atoms with Gasteiger partial charge in [0.1, 0.15) is 0 Å². The van der Waals surface area contributed by atoms with Crippen LogP contribution in [0.2, 0.25) is 0 Å². The summed E-state index contributed by atoms with van der Waals surface area (Å²) in [4.78, 5) is 9.30. The summed E-state index contributed by atoms with van der Waals surface area (Å²) >= 11 is 2.24. The molecule has 25 heavy (non-hydrogen) atoms. The van der Waals surface area contributed by atoms with Crippen molar-refractivity contribution >= 4 is 28.2 Å². The number of rotatable bonds is 5. The Morgan fingerprint density at radius 2 is 1.12 bits per heavy atom. The van der Waals surface area contributed by atoms with Crippen LogP contribution in [0, 0.1) is 6.92 Å². The van der Waals surface area contributed by atoms with Crippen molar-refractivity contribution in [1.29, 1.82) is 0 Å². The number of aliphatic imine (C=N–C) groups is 2. The predicted octanol–water partition coefficient (Wildman–Crippen LogP) is 5.19.